The molecular weight excluding hydrogens is 141 g/mol. The third-order valence-electron chi connectivity index (χ3n) is 1.82. The zero-order chi connectivity index (χ0) is 7.68. The summed E-state index contributed by atoms with van der Waals surface area (Å²) in [4.78, 5) is 0. The number of fused-ring (bicyclic) bond motifs is 1. The van der Waals surface area contributed by atoms with Crippen LogP contribution < -0.4 is 24.6 Å². The fraction of sp³-hybridized carbons (Fsp3) is 0. The van der Waals surface area contributed by atoms with E-state index in [-0.39, 0.29) is 20.3 Å². The number of hydrogen-bond acceptors (Lipinski definition) is 1. The quantitative estimate of drug-likeness (QED) is 0.400. The van der Waals surface area contributed by atoms with Gasteiger partial charge >= 0.3 is 18.9 Å². The van der Waals surface area contributed by atoms with E-state index in [4.69, 9.17) is 5.73 Å². The SMILES string of the molecule is Nc1cccc2ccccc12.[H-].[Li+]. The van der Waals surface area contributed by atoms with Crippen LogP contribution in [-0.4, -0.2) is 0 Å². The third kappa shape index (κ3) is 1.48. The molecule has 1 nitrogen and oxygen atoms in total. The van der Waals surface area contributed by atoms with Gasteiger partial charge in [0.25, 0.3) is 0 Å². The summed E-state index contributed by atoms with van der Waals surface area (Å²) in [6.45, 7) is 0. The fourth-order valence-electron chi connectivity index (χ4n) is 1.25. The van der Waals surface area contributed by atoms with Crippen molar-refractivity contribution in [2.24, 2.45) is 0 Å². The van der Waals surface area contributed by atoms with Gasteiger partial charge in [-0.3, -0.25) is 0 Å². The molecule has 2 heteroatoms. The van der Waals surface area contributed by atoms with Crippen molar-refractivity contribution in [3.05, 3.63) is 42.5 Å². The van der Waals surface area contributed by atoms with Crippen LogP contribution in [-0.2, 0) is 0 Å². The maximum atomic E-state index is 5.76. The number of nitrogen functional groups attached to an aromatic ring is 1. The van der Waals surface area contributed by atoms with Crippen LogP contribution >= 0.6 is 0 Å². The molecule has 2 N–H and O–H groups in total. The van der Waals surface area contributed by atoms with E-state index < -0.39 is 0 Å². The number of anilines is 1. The van der Waals surface area contributed by atoms with Gasteiger partial charge in [-0.25, -0.2) is 0 Å². The Morgan fingerprint density at radius 3 is 2.33 bits per heavy atom. The van der Waals surface area contributed by atoms with Gasteiger partial charge in [0.05, 0.1) is 0 Å². The molecule has 0 amide bonds. The van der Waals surface area contributed by atoms with E-state index in [1.807, 2.05) is 30.3 Å². The Labute approximate surface area is 85.2 Å². The van der Waals surface area contributed by atoms with Crippen molar-refractivity contribution in [2.75, 3.05) is 5.73 Å². The summed E-state index contributed by atoms with van der Waals surface area (Å²) in [6, 6.07) is 14.1. The Morgan fingerprint density at radius 1 is 0.917 bits per heavy atom. The molecule has 0 saturated heterocycles. The van der Waals surface area contributed by atoms with Crippen LogP contribution in [0.4, 0.5) is 5.69 Å². The Morgan fingerprint density at radius 2 is 1.58 bits per heavy atom. The summed E-state index contributed by atoms with van der Waals surface area (Å²) in [6.07, 6.45) is 0. The van der Waals surface area contributed by atoms with Crippen LogP contribution in [0.5, 0.6) is 0 Å². The van der Waals surface area contributed by atoms with Crippen molar-refractivity contribution >= 4 is 16.5 Å². The van der Waals surface area contributed by atoms with E-state index in [2.05, 4.69) is 12.1 Å². The first kappa shape index (κ1) is 9.19. The van der Waals surface area contributed by atoms with Gasteiger partial charge in [0.2, 0.25) is 0 Å². The molecule has 2 aromatic carbocycles. The van der Waals surface area contributed by atoms with E-state index in [1.165, 1.54) is 5.39 Å². The van der Waals surface area contributed by atoms with E-state index in [9.17, 15) is 0 Å². The number of rotatable bonds is 0. The Hall–Kier alpha value is -0.903. The summed E-state index contributed by atoms with van der Waals surface area (Å²) >= 11 is 0. The molecule has 0 atom stereocenters. The first-order chi connectivity index (χ1) is 5.38. The van der Waals surface area contributed by atoms with Gasteiger partial charge in [0.1, 0.15) is 0 Å². The van der Waals surface area contributed by atoms with Gasteiger partial charge in [-0.05, 0) is 11.5 Å². The normalized spacial score (nSPS) is 9.33. The standard InChI is InChI=1S/C10H9N.Li.H/c11-10-7-3-5-8-4-1-2-6-9(8)10;;/h1-7H,11H2;;/q;+1;-1. The van der Waals surface area contributed by atoms with Crippen LogP contribution in [0, 0.1) is 0 Å². The smallest absolute Gasteiger partial charge is 1.00 e. The van der Waals surface area contributed by atoms with Gasteiger partial charge in [-0.2, -0.15) is 0 Å². The largest absolute Gasteiger partial charge is 1.00 e. The van der Waals surface area contributed by atoms with Crippen molar-refractivity contribution < 1.29 is 20.3 Å². The maximum Gasteiger partial charge on any atom is 1.00 e. The van der Waals surface area contributed by atoms with Gasteiger partial charge < -0.3 is 7.16 Å². The van der Waals surface area contributed by atoms with Crippen LogP contribution in [0.15, 0.2) is 42.5 Å². The summed E-state index contributed by atoms with van der Waals surface area (Å²) in [5.74, 6) is 0. The molecule has 0 radical (unpaired) electrons. The molecule has 0 spiro atoms. The van der Waals surface area contributed by atoms with Crippen molar-refractivity contribution in [1.82, 2.24) is 0 Å². The first-order valence-corrected chi connectivity index (χ1v) is 3.61. The van der Waals surface area contributed by atoms with E-state index in [1.54, 1.807) is 0 Å². The van der Waals surface area contributed by atoms with Crippen molar-refractivity contribution in [3.63, 3.8) is 0 Å². The second kappa shape index (κ2) is 3.67. The molecule has 56 valence electrons. The minimum atomic E-state index is 0. The Kier molecular flexibility index (Phi) is 2.81. The topological polar surface area (TPSA) is 26.0 Å². The molecule has 0 fully saturated rings. The van der Waals surface area contributed by atoms with Crippen molar-refractivity contribution in [3.8, 4) is 0 Å². The average Bonchev–Trinajstić information content (AvgIpc) is 2.06. The van der Waals surface area contributed by atoms with Gasteiger partial charge in [-0.15, -0.1) is 0 Å². The van der Waals surface area contributed by atoms with Gasteiger partial charge in [0.15, 0.2) is 0 Å². The Bertz CT molecular complexity index is 384. The predicted octanol–water partition coefficient (Wildman–Crippen LogP) is -0.462. The molecule has 0 unspecified atom stereocenters. The summed E-state index contributed by atoms with van der Waals surface area (Å²) in [7, 11) is 0. The number of nitrogens with two attached hydrogens (primary N) is 1. The average molecular weight is 151 g/mol. The summed E-state index contributed by atoms with van der Waals surface area (Å²) < 4.78 is 0. The summed E-state index contributed by atoms with van der Waals surface area (Å²) in [5.41, 5.74) is 6.61. The monoisotopic (exact) mass is 151 g/mol. The molecule has 0 aromatic heterocycles. The number of hydrogen-bond donors (Lipinski definition) is 1. The zero-order valence-electron chi connectivity index (χ0n) is 8.12. The van der Waals surface area contributed by atoms with E-state index >= 15 is 0 Å². The second-order valence-electron chi connectivity index (χ2n) is 2.57. The Balaban J connectivity index is 0.000000720. The van der Waals surface area contributed by atoms with Crippen molar-refractivity contribution in [2.45, 2.75) is 0 Å². The maximum absolute atomic E-state index is 5.76. The van der Waals surface area contributed by atoms with E-state index in [0.29, 0.717) is 0 Å². The molecule has 0 aliphatic rings. The minimum Gasteiger partial charge on any atom is -1.00 e. The molecule has 2 aromatic rings. The molecule has 0 aliphatic heterocycles. The van der Waals surface area contributed by atoms with Gasteiger partial charge in [-0.1, -0.05) is 36.4 Å². The molecule has 2 rings (SSSR count). The third-order valence-corrected chi connectivity index (χ3v) is 1.82. The molecular formula is C10H10LiN. The predicted molar refractivity (Wildman–Crippen MR) is 49.5 cm³/mol. The number of benzene rings is 2. The van der Waals surface area contributed by atoms with Crippen LogP contribution in [0.25, 0.3) is 10.8 Å². The molecule has 0 saturated carbocycles. The zero-order valence-corrected chi connectivity index (χ0v) is 7.12. The summed E-state index contributed by atoms with van der Waals surface area (Å²) in [5, 5.41) is 2.34. The minimum absolute atomic E-state index is 0. The molecule has 0 aliphatic carbocycles. The fourth-order valence-corrected chi connectivity index (χ4v) is 1.25. The van der Waals surface area contributed by atoms with Crippen molar-refractivity contribution in [1.29, 1.82) is 0 Å². The van der Waals surface area contributed by atoms with Crippen LogP contribution in [0.2, 0.25) is 0 Å². The molecule has 0 heterocycles. The molecule has 12 heavy (non-hydrogen) atoms. The van der Waals surface area contributed by atoms with Crippen LogP contribution in [0.1, 0.15) is 1.43 Å². The van der Waals surface area contributed by atoms with Gasteiger partial charge in [0, 0.05) is 11.1 Å². The van der Waals surface area contributed by atoms with Crippen LogP contribution in [0.3, 0.4) is 0 Å². The second-order valence-corrected chi connectivity index (χ2v) is 2.57. The van der Waals surface area contributed by atoms with E-state index in [0.717, 1.165) is 11.1 Å². The molecule has 0 bridgehead atoms. The first-order valence-electron chi connectivity index (χ1n) is 3.61.